The second-order valence-electron chi connectivity index (χ2n) is 8.49. The zero-order valence-electron chi connectivity index (χ0n) is 18.6. The van der Waals surface area contributed by atoms with Gasteiger partial charge in [-0.3, -0.25) is 4.79 Å². The standard InChI is InChI=1S/C24H28N4O4/c1-3-9-32-23(30)16-5-6-17(14-25)19(12-16)28-20-13-24(7-10-31-11-8-24)15-26-22(29)21(20)18(4-2)27-28/h5-6,12H,3-4,7-11,13,15H2,1-2H3,(H,26,29). The highest BCUT2D eigenvalue weighted by molar-refractivity contribution is 5.97. The molecular formula is C24H28N4O4. The molecule has 2 aliphatic rings. The van der Waals surface area contributed by atoms with Crippen LogP contribution in [0.3, 0.4) is 0 Å². The summed E-state index contributed by atoms with van der Waals surface area (Å²) in [5, 5.41) is 17.6. The van der Waals surface area contributed by atoms with Gasteiger partial charge >= 0.3 is 5.97 Å². The quantitative estimate of drug-likeness (QED) is 0.723. The van der Waals surface area contributed by atoms with Crippen molar-refractivity contribution in [3.63, 3.8) is 0 Å². The molecule has 0 bridgehead atoms. The number of amides is 1. The Balaban J connectivity index is 1.85. The third kappa shape index (κ3) is 4.00. The monoisotopic (exact) mass is 436 g/mol. The summed E-state index contributed by atoms with van der Waals surface area (Å²) in [6.07, 6.45) is 3.63. The van der Waals surface area contributed by atoms with Crippen molar-refractivity contribution in [3.8, 4) is 11.8 Å². The molecule has 0 aliphatic carbocycles. The Kier molecular flexibility index (Phi) is 6.28. The molecule has 1 fully saturated rings. The predicted molar refractivity (Wildman–Crippen MR) is 117 cm³/mol. The van der Waals surface area contributed by atoms with Crippen LogP contribution in [0.15, 0.2) is 18.2 Å². The Hall–Kier alpha value is -3.18. The predicted octanol–water partition coefficient (Wildman–Crippen LogP) is 2.96. The summed E-state index contributed by atoms with van der Waals surface area (Å²) in [5.74, 6) is -0.575. The fourth-order valence-corrected chi connectivity index (χ4v) is 4.51. The van der Waals surface area contributed by atoms with E-state index in [1.807, 2.05) is 13.8 Å². The molecule has 0 radical (unpaired) electrons. The van der Waals surface area contributed by atoms with Crippen LogP contribution in [0.2, 0.25) is 0 Å². The van der Waals surface area contributed by atoms with Crippen molar-refractivity contribution in [1.29, 1.82) is 5.26 Å². The average Bonchev–Trinajstić information content (AvgIpc) is 3.12. The number of carbonyl (C=O) groups is 2. The molecule has 1 amide bonds. The molecule has 0 unspecified atom stereocenters. The van der Waals surface area contributed by atoms with Crippen LogP contribution in [-0.2, 0) is 22.3 Å². The Morgan fingerprint density at radius 3 is 2.81 bits per heavy atom. The number of aromatic nitrogens is 2. The van der Waals surface area contributed by atoms with E-state index in [-0.39, 0.29) is 11.3 Å². The normalized spacial score (nSPS) is 17.2. The van der Waals surface area contributed by atoms with Gasteiger partial charge in [0.15, 0.2) is 0 Å². The summed E-state index contributed by atoms with van der Waals surface area (Å²) in [5.41, 5.74) is 3.17. The first-order valence-electron chi connectivity index (χ1n) is 11.2. The molecule has 8 nitrogen and oxygen atoms in total. The van der Waals surface area contributed by atoms with Gasteiger partial charge in [-0.2, -0.15) is 10.4 Å². The van der Waals surface area contributed by atoms with Crippen LogP contribution in [0.25, 0.3) is 5.69 Å². The first kappa shape index (κ1) is 22.0. The maximum atomic E-state index is 13.1. The number of fused-ring (bicyclic) bond motifs is 1. The zero-order valence-corrected chi connectivity index (χ0v) is 18.6. The van der Waals surface area contributed by atoms with Crippen LogP contribution < -0.4 is 5.32 Å². The summed E-state index contributed by atoms with van der Waals surface area (Å²) >= 11 is 0. The lowest BCUT2D eigenvalue weighted by molar-refractivity contribution is 0.0155. The Morgan fingerprint density at radius 2 is 2.12 bits per heavy atom. The van der Waals surface area contributed by atoms with E-state index in [2.05, 4.69) is 11.4 Å². The summed E-state index contributed by atoms with van der Waals surface area (Å²) in [7, 11) is 0. The summed E-state index contributed by atoms with van der Waals surface area (Å²) in [6.45, 7) is 6.11. The SMILES string of the molecule is CCCOC(=O)c1ccc(C#N)c(-n2nc(CC)c3c2CC2(CCOCC2)CNC3=O)c1. The van der Waals surface area contributed by atoms with E-state index in [9.17, 15) is 14.9 Å². The van der Waals surface area contributed by atoms with Crippen molar-refractivity contribution in [2.75, 3.05) is 26.4 Å². The van der Waals surface area contributed by atoms with Gasteiger partial charge in [0.1, 0.15) is 6.07 Å². The van der Waals surface area contributed by atoms with E-state index in [1.54, 1.807) is 22.9 Å². The number of rotatable bonds is 5. The Bertz CT molecular complexity index is 1080. The van der Waals surface area contributed by atoms with Crippen molar-refractivity contribution >= 4 is 11.9 Å². The maximum Gasteiger partial charge on any atom is 0.338 e. The second-order valence-corrected chi connectivity index (χ2v) is 8.49. The summed E-state index contributed by atoms with van der Waals surface area (Å²) in [4.78, 5) is 25.5. The van der Waals surface area contributed by atoms with E-state index >= 15 is 0 Å². The highest BCUT2D eigenvalue weighted by Crippen LogP contribution is 2.38. The Labute approximate surface area is 187 Å². The third-order valence-corrected chi connectivity index (χ3v) is 6.35. The van der Waals surface area contributed by atoms with Crippen LogP contribution >= 0.6 is 0 Å². The summed E-state index contributed by atoms with van der Waals surface area (Å²) in [6, 6.07) is 7.05. The van der Waals surface area contributed by atoms with Gasteiger partial charge < -0.3 is 14.8 Å². The number of nitrogens with one attached hydrogen (secondary N) is 1. The molecule has 1 aromatic heterocycles. The number of carbonyl (C=O) groups excluding carboxylic acids is 2. The van der Waals surface area contributed by atoms with E-state index < -0.39 is 5.97 Å². The van der Waals surface area contributed by atoms with Gasteiger partial charge in [-0.25, -0.2) is 9.48 Å². The van der Waals surface area contributed by atoms with Crippen LogP contribution in [0.1, 0.15) is 70.8 Å². The molecule has 4 rings (SSSR count). The first-order chi connectivity index (χ1) is 15.5. The molecule has 3 heterocycles. The van der Waals surface area contributed by atoms with E-state index in [4.69, 9.17) is 14.6 Å². The minimum absolute atomic E-state index is 0.119. The number of nitrogens with zero attached hydrogens (tertiary/aromatic N) is 3. The third-order valence-electron chi connectivity index (χ3n) is 6.35. The topological polar surface area (TPSA) is 106 Å². The smallest absolute Gasteiger partial charge is 0.338 e. The molecule has 1 N–H and O–H groups in total. The molecule has 0 atom stereocenters. The van der Waals surface area contributed by atoms with Gasteiger partial charge in [-0.1, -0.05) is 13.8 Å². The van der Waals surface area contributed by atoms with Crippen LogP contribution in [0, 0.1) is 16.7 Å². The number of nitriles is 1. The second kappa shape index (κ2) is 9.13. The molecule has 168 valence electrons. The van der Waals surface area contributed by atoms with Gasteiger partial charge in [-0.05, 0) is 55.7 Å². The largest absolute Gasteiger partial charge is 0.462 e. The van der Waals surface area contributed by atoms with Gasteiger partial charge in [0.25, 0.3) is 5.91 Å². The van der Waals surface area contributed by atoms with E-state index in [0.717, 1.165) is 25.0 Å². The minimum atomic E-state index is -0.440. The molecule has 8 heteroatoms. The fraction of sp³-hybridized carbons (Fsp3) is 0.500. The van der Waals surface area contributed by atoms with Gasteiger partial charge in [0.2, 0.25) is 0 Å². The number of ether oxygens (including phenoxy) is 2. The van der Waals surface area contributed by atoms with Crippen molar-refractivity contribution in [2.45, 2.75) is 46.0 Å². The highest BCUT2D eigenvalue weighted by Gasteiger charge is 2.40. The lowest BCUT2D eigenvalue weighted by atomic mass is 9.76. The fourth-order valence-electron chi connectivity index (χ4n) is 4.51. The number of hydrogen-bond acceptors (Lipinski definition) is 6. The average molecular weight is 437 g/mol. The molecule has 1 spiro atoms. The van der Waals surface area contributed by atoms with Crippen LogP contribution in [-0.4, -0.2) is 48.0 Å². The van der Waals surface area contributed by atoms with Crippen molar-refractivity contribution < 1.29 is 19.1 Å². The van der Waals surface area contributed by atoms with Crippen molar-refractivity contribution in [3.05, 3.63) is 46.3 Å². The number of aryl methyl sites for hydroxylation is 1. The maximum absolute atomic E-state index is 13.1. The zero-order chi connectivity index (χ0) is 22.7. The van der Waals surface area contributed by atoms with Crippen LogP contribution in [0.4, 0.5) is 0 Å². The van der Waals surface area contributed by atoms with Crippen LogP contribution in [0.5, 0.6) is 0 Å². The number of esters is 1. The lowest BCUT2D eigenvalue weighted by Gasteiger charge is -2.36. The van der Waals surface area contributed by atoms with Gasteiger partial charge in [0, 0.05) is 19.8 Å². The number of hydrogen-bond donors (Lipinski definition) is 1. The highest BCUT2D eigenvalue weighted by atomic mass is 16.5. The molecule has 2 aromatic rings. The molecule has 0 saturated carbocycles. The minimum Gasteiger partial charge on any atom is -0.462 e. The van der Waals surface area contributed by atoms with Gasteiger partial charge in [0.05, 0.1) is 40.4 Å². The van der Waals surface area contributed by atoms with Crippen molar-refractivity contribution in [2.24, 2.45) is 5.41 Å². The Morgan fingerprint density at radius 1 is 1.34 bits per heavy atom. The molecule has 1 aromatic carbocycles. The van der Waals surface area contributed by atoms with Gasteiger partial charge in [-0.15, -0.1) is 0 Å². The van der Waals surface area contributed by atoms with E-state index in [1.165, 1.54) is 0 Å². The summed E-state index contributed by atoms with van der Waals surface area (Å²) < 4.78 is 12.6. The molecule has 2 aliphatic heterocycles. The molecule has 1 saturated heterocycles. The lowest BCUT2D eigenvalue weighted by Crippen LogP contribution is -2.40. The van der Waals surface area contributed by atoms with Crippen molar-refractivity contribution in [1.82, 2.24) is 15.1 Å². The first-order valence-corrected chi connectivity index (χ1v) is 11.2. The van der Waals surface area contributed by atoms with E-state index in [0.29, 0.717) is 67.3 Å². The molecule has 32 heavy (non-hydrogen) atoms. The number of benzene rings is 1. The molecular weight excluding hydrogens is 408 g/mol.